The van der Waals surface area contributed by atoms with Crippen molar-refractivity contribution >= 4 is 5.91 Å². The number of carbonyl (C=O) groups is 1. The van der Waals surface area contributed by atoms with Crippen LogP contribution in [0.2, 0.25) is 0 Å². The SMILES string of the molecule is O=C1CCCCC(c2ccccc2O)N1. The number of benzene rings is 1. The fraction of sp³-hybridized carbons (Fsp3) is 0.417. The van der Waals surface area contributed by atoms with Crippen LogP contribution in [0.15, 0.2) is 24.3 Å². The molecule has 80 valence electrons. The lowest BCUT2D eigenvalue weighted by Gasteiger charge is -2.17. The molecule has 1 saturated heterocycles. The molecule has 1 aliphatic rings. The molecule has 1 aromatic carbocycles. The molecule has 2 rings (SSSR count). The number of nitrogens with one attached hydrogen (secondary N) is 1. The van der Waals surface area contributed by atoms with Crippen LogP contribution in [0.4, 0.5) is 0 Å². The Morgan fingerprint density at radius 1 is 1.27 bits per heavy atom. The maximum atomic E-state index is 11.4. The number of para-hydroxylation sites is 1. The highest BCUT2D eigenvalue weighted by atomic mass is 16.3. The van der Waals surface area contributed by atoms with E-state index in [9.17, 15) is 9.90 Å². The number of rotatable bonds is 1. The van der Waals surface area contributed by atoms with E-state index in [4.69, 9.17) is 0 Å². The predicted molar refractivity (Wildman–Crippen MR) is 57.5 cm³/mol. The summed E-state index contributed by atoms with van der Waals surface area (Å²) in [4.78, 5) is 11.4. The second kappa shape index (κ2) is 4.34. The Kier molecular flexibility index (Phi) is 2.90. The molecule has 3 nitrogen and oxygen atoms in total. The fourth-order valence-electron chi connectivity index (χ4n) is 1.99. The molecule has 1 unspecified atom stereocenters. The molecule has 2 N–H and O–H groups in total. The van der Waals surface area contributed by atoms with Crippen molar-refractivity contribution in [2.24, 2.45) is 0 Å². The smallest absolute Gasteiger partial charge is 0.220 e. The molecule has 0 bridgehead atoms. The molecular weight excluding hydrogens is 190 g/mol. The summed E-state index contributed by atoms with van der Waals surface area (Å²) in [6.07, 6.45) is 3.47. The number of amides is 1. The molecule has 1 aliphatic heterocycles. The molecule has 0 radical (unpaired) electrons. The Labute approximate surface area is 89.1 Å². The first-order valence-corrected chi connectivity index (χ1v) is 5.34. The second-order valence-corrected chi connectivity index (χ2v) is 3.92. The van der Waals surface area contributed by atoms with E-state index < -0.39 is 0 Å². The largest absolute Gasteiger partial charge is 0.508 e. The number of carbonyl (C=O) groups excluding carboxylic acids is 1. The monoisotopic (exact) mass is 205 g/mol. The van der Waals surface area contributed by atoms with Gasteiger partial charge in [0.15, 0.2) is 0 Å². The Balaban J connectivity index is 2.22. The van der Waals surface area contributed by atoms with Gasteiger partial charge in [0.05, 0.1) is 6.04 Å². The van der Waals surface area contributed by atoms with Gasteiger partial charge >= 0.3 is 0 Å². The summed E-state index contributed by atoms with van der Waals surface area (Å²) in [7, 11) is 0. The highest BCUT2D eigenvalue weighted by Crippen LogP contribution is 2.29. The van der Waals surface area contributed by atoms with Crippen LogP contribution in [0, 0.1) is 0 Å². The molecular formula is C12H15NO2. The van der Waals surface area contributed by atoms with Crippen molar-refractivity contribution in [2.75, 3.05) is 0 Å². The molecule has 1 aromatic rings. The van der Waals surface area contributed by atoms with E-state index in [-0.39, 0.29) is 17.7 Å². The minimum absolute atomic E-state index is 0.0267. The summed E-state index contributed by atoms with van der Waals surface area (Å²) in [5.74, 6) is 0.352. The third kappa shape index (κ3) is 2.29. The van der Waals surface area contributed by atoms with Crippen LogP contribution in [-0.2, 0) is 4.79 Å². The fourth-order valence-corrected chi connectivity index (χ4v) is 1.99. The lowest BCUT2D eigenvalue weighted by Crippen LogP contribution is -2.26. The van der Waals surface area contributed by atoms with Gasteiger partial charge in [0, 0.05) is 12.0 Å². The van der Waals surface area contributed by atoms with Gasteiger partial charge in [0.2, 0.25) is 5.91 Å². The van der Waals surface area contributed by atoms with Crippen LogP contribution in [0.1, 0.15) is 37.3 Å². The molecule has 15 heavy (non-hydrogen) atoms. The van der Waals surface area contributed by atoms with Crippen LogP contribution in [0.5, 0.6) is 5.75 Å². The Morgan fingerprint density at radius 2 is 2.07 bits per heavy atom. The maximum absolute atomic E-state index is 11.4. The number of phenolic OH excluding ortho intramolecular Hbond substituents is 1. The third-order valence-corrected chi connectivity index (χ3v) is 2.79. The van der Waals surface area contributed by atoms with Gasteiger partial charge < -0.3 is 10.4 Å². The van der Waals surface area contributed by atoms with Gasteiger partial charge in [-0.2, -0.15) is 0 Å². The topological polar surface area (TPSA) is 49.3 Å². The van der Waals surface area contributed by atoms with Crippen molar-refractivity contribution in [2.45, 2.75) is 31.7 Å². The van der Waals surface area contributed by atoms with Crippen molar-refractivity contribution in [3.8, 4) is 5.75 Å². The first kappa shape index (κ1) is 10.0. The maximum Gasteiger partial charge on any atom is 0.220 e. The predicted octanol–water partition coefficient (Wildman–Crippen LogP) is 2.12. The normalized spacial score (nSPS) is 21.9. The average Bonchev–Trinajstić information content (AvgIpc) is 2.43. The number of hydrogen-bond acceptors (Lipinski definition) is 2. The highest BCUT2D eigenvalue weighted by molar-refractivity contribution is 5.76. The van der Waals surface area contributed by atoms with Gasteiger partial charge in [-0.05, 0) is 18.9 Å². The minimum Gasteiger partial charge on any atom is -0.508 e. The number of hydrogen-bond donors (Lipinski definition) is 2. The first-order chi connectivity index (χ1) is 7.27. The lowest BCUT2D eigenvalue weighted by atomic mass is 10.0. The zero-order chi connectivity index (χ0) is 10.7. The van der Waals surface area contributed by atoms with Crippen molar-refractivity contribution in [1.82, 2.24) is 5.32 Å². The number of aromatic hydroxyl groups is 1. The average molecular weight is 205 g/mol. The minimum atomic E-state index is -0.0267. The van der Waals surface area contributed by atoms with E-state index >= 15 is 0 Å². The molecule has 0 spiro atoms. The van der Waals surface area contributed by atoms with Gasteiger partial charge in [-0.15, -0.1) is 0 Å². The highest BCUT2D eigenvalue weighted by Gasteiger charge is 2.19. The third-order valence-electron chi connectivity index (χ3n) is 2.79. The van der Waals surface area contributed by atoms with E-state index in [2.05, 4.69) is 5.32 Å². The zero-order valence-corrected chi connectivity index (χ0v) is 8.57. The lowest BCUT2D eigenvalue weighted by molar-refractivity contribution is -0.121. The zero-order valence-electron chi connectivity index (χ0n) is 8.57. The number of phenols is 1. The van der Waals surface area contributed by atoms with Crippen LogP contribution >= 0.6 is 0 Å². The summed E-state index contributed by atoms with van der Waals surface area (Å²) < 4.78 is 0. The molecule has 1 fully saturated rings. The van der Waals surface area contributed by atoms with Crippen LogP contribution < -0.4 is 5.32 Å². The molecule has 1 amide bonds. The van der Waals surface area contributed by atoms with Gasteiger partial charge in [-0.3, -0.25) is 4.79 Å². The van der Waals surface area contributed by atoms with E-state index in [1.54, 1.807) is 12.1 Å². The summed E-state index contributed by atoms with van der Waals surface area (Å²) in [5.41, 5.74) is 0.827. The molecule has 0 saturated carbocycles. The van der Waals surface area contributed by atoms with Crippen molar-refractivity contribution in [1.29, 1.82) is 0 Å². The molecule has 0 aromatic heterocycles. The summed E-state index contributed by atoms with van der Waals surface area (Å²) >= 11 is 0. The molecule has 0 aliphatic carbocycles. The summed E-state index contributed by atoms with van der Waals surface area (Å²) in [6, 6.07) is 7.17. The van der Waals surface area contributed by atoms with Crippen molar-refractivity contribution in [3.05, 3.63) is 29.8 Å². The summed E-state index contributed by atoms with van der Waals surface area (Å²) in [5, 5.41) is 12.6. The molecule has 1 heterocycles. The van der Waals surface area contributed by atoms with Gasteiger partial charge in [0.1, 0.15) is 5.75 Å². The van der Waals surface area contributed by atoms with Crippen LogP contribution in [0.3, 0.4) is 0 Å². The van der Waals surface area contributed by atoms with E-state index in [1.165, 1.54) is 0 Å². The first-order valence-electron chi connectivity index (χ1n) is 5.34. The summed E-state index contributed by atoms with van der Waals surface area (Å²) in [6.45, 7) is 0. The van der Waals surface area contributed by atoms with Crippen LogP contribution in [0.25, 0.3) is 0 Å². The standard InChI is InChI=1S/C12H15NO2/c14-11-7-3-1-5-9(11)10-6-2-4-8-12(15)13-10/h1,3,5,7,10,14H,2,4,6,8H2,(H,13,15). The Hall–Kier alpha value is -1.51. The second-order valence-electron chi connectivity index (χ2n) is 3.92. The van der Waals surface area contributed by atoms with E-state index in [0.29, 0.717) is 6.42 Å². The van der Waals surface area contributed by atoms with Crippen molar-refractivity contribution < 1.29 is 9.90 Å². The quantitative estimate of drug-likeness (QED) is 0.737. The van der Waals surface area contributed by atoms with Crippen molar-refractivity contribution in [3.63, 3.8) is 0 Å². The van der Waals surface area contributed by atoms with Gasteiger partial charge in [-0.25, -0.2) is 0 Å². The van der Waals surface area contributed by atoms with Crippen LogP contribution in [-0.4, -0.2) is 11.0 Å². The molecule has 3 heteroatoms. The van der Waals surface area contributed by atoms with E-state index in [1.807, 2.05) is 12.1 Å². The van der Waals surface area contributed by atoms with Gasteiger partial charge in [-0.1, -0.05) is 24.6 Å². The van der Waals surface area contributed by atoms with Gasteiger partial charge in [0.25, 0.3) is 0 Å². The Morgan fingerprint density at radius 3 is 2.87 bits per heavy atom. The van der Waals surface area contributed by atoms with E-state index in [0.717, 1.165) is 24.8 Å². The molecule has 1 atom stereocenters. The Bertz CT molecular complexity index is 362.